The van der Waals surface area contributed by atoms with E-state index >= 15 is 0 Å². The summed E-state index contributed by atoms with van der Waals surface area (Å²) in [6.07, 6.45) is 9.76. The summed E-state index contributed by atoms with van der Waals surface area (Å²) < 4.78 is 6.28. The Morgan fingerprint density at radius 1 is 1.41 bits per heavy atom. The monoisotopic (exact) mass is 357 g/mol. The maximum atomic E-state index is 11.8. The highest BCUT2D eigenvalue weighted by molar-refractivity contribution is 9.10. The number of ether oxygens (including phenoxy) is 1. The van der Waals surface area contributed by atoms with E-state index in [0.717, 1.165) is 4.47 Å². The first kappa shape index (κ1) is 15.7. The van der Waals surface area contributed by atoms with E-state index < -0.39 is 0 Å². The van der Waals surface area contributed by atoms with Crippen LogP contribution < -0.4 is 10.2 Å². The van der Waals surface area contributed by atoms with E-state index in [4.69, 9.17) is 11.2 Å². The SMILES string of the molecule is C#CCOc1ccc(Br)cc1/C=N\NC(=O)c1ccncc1. The van der Waals surface area contributed by atoms with Crippen molar-refractivity contribution >= 4 is 28.1 Å². The van der Waals surface area contributed by atoms with Crippen molar-refractivity contribution in [3.05, 3.63) is 58.3 Å². The van der Waals surface area contributed by atoms with E-state index in [0.29, 0.717) is 16.9 Å². The molecule has 1 N–H and O–H groups in total. The molecule has 1 amide bonds. The van der Waals surface area contributed by atoms with Gasteiger partial charge in [-0.1, -0.05) is 21.9 Å². The van der Waals surface area contributed by atoms with E-state index in [1.54, 1.807) is 30.6 Å². The van der Waals surface area contributed by atoms with Crippen molar-refractivity contribution in [1.82, 2.24) is 10.4 Å². The maximum absolute atomic E-state index is 11.8. The highest BCUT2D eigenvalue weighted by Gasteiger charge is 2.04. The Morgan fingerprint density at radius 2 is 2.18 bits per heavy atom. The number of benzene rings is 1. The zero-order valence-corrected chi connectivity index (χ0v) is 13.1. The van der Waals surface area contributed by atoms with E-state index in [1.807, 2.05) is 12.1 Å². The molecule has 5 nitrogen and oxygen atoms in total. The number of hydrogen-bond acceptors (Lipinski definition) is 4. The number of nitrogens with zero attached hydrogens (tertiary/aromatic N) is 2. The topological polar surface area (TPSA) is 63.6 Å². The minimum Gasteiger partial charge on any atom is -0.480 e. The van der Waals surface area contributed by atoms with Crippen LogP contribution in [0.25, 0.3) is 0 Å². The fourth-order valence-corrected chi connectivity index (χ4v) is 1.98. The molecule has 1 aromatic heterocycles. The van der Waals surface area contributed by atoms with Crippen molar-refractivity contribution in [2.45, 2.75) is 0 Å². The minimum atomic E-state index is -0.320. The summed E-state index contributed by atoms with van der Waals surface area (Å²) in [4.78, 5) is 15.7. The predicted octanol–water partition coefficient (Wildman–Crippen LogP) is 2.62. The molecule has 110 valence electrons. The molecule has 0 radical (unpaired) electrons. The number of terminal acetylenes is 1. The number of aromatic nitrogens is 1. The van der Waals surface area contributed by atoms with Crippen LogP contribution in [-0.2, 0) is 0 Å². The molecule has 0 aliphatic heterocycles. The van der Waals surface area contributed by atoms with Crippen LogP contribution in [0.2, 0.25) is 0 Å². The molecule has 0 aliphatic rings. The van der Waals surface area contributed by atoms with Gasteiger partial charge in [0.15, 0.2) is 0 Å². The third-order valence-corrected chi connectivity index (χ3v) is 3.09. The number of hydrazone groups is 1. The van der Waals surface area contributed by atoms with Gasteiger partial charge in [0.2, 0.25) is 0 Å². The van der Waals surface area contributed by atoms with Gasteiger partial charge in [-0.3, -0.25) is 9.78 Å². The summed E-state index contributed by atoms with van der Waals surface area (Å²) in [5, 5.41) is 3.93. The first-order chi connectivity index (χ1) is 10.7. The Hall–Kier alpha value is -2.65. The van der Waals surface area contributed by atoms with Crippen molar-refractivity contribution in [1.29, 1.82) is 0 Å². The minimum absolute atomic E-state index is 0.159. The molecule has 1 heterocycles. The predicted molar refractivity (Wildman–Crippen MR) is 87.8 cm³/mol. The average Bonchev–Trinajstić information content (AvgIpc) is 2.55. The van der Waals surface area contributed by atoms with Gasteiger partial charge in [-0.05, 0) is 30.3 Å². The Labute approximate surface area is 136 Å². The largest absolute Gasteiger partial charge is 0.480 e. The van der Waals surface area contributed by atoms with Crippen LogP contribution >= 0.6 is 15.9 Å². The van der Waals surface area contributed by atoms with Gasteiger partial charge in [-0.15, -0.1) is 6.42 Å². The van der Waals surface area contributed by atoms with E-state index in [1.165, 1.54) is 6.21 Å². The summed E-state index contributed by atoms with van der Waals surface area (Å²) in [6.45, 7) is 0.159. The van der Waals surface area contributed by atoms with Crippen LogP contribution in [0.5, 0.6) is 5.75 Å². The number of hydrogen-bond donors (Lipinski definition) is 1. The first-order valence-electron chi connectivity index (χ1n) is 6.30. The van der Waals surface area contributed by atoms with Gasteiger partial charge in [-0.2, -0.15) is 5.10 Å². The molecule has 0 spiro atoms. The summed E-state index contributed by atoms with van der Waals surface area (Å²) in [5.74, 6) is 2.67. The fourth-order valence-electron chi connectivity index (χ4n) is 1.60. The molecule has 2 rings (SSSR count). The lowest BCUT2D eigenvalue weighted by Gasteiger charge is -2.06. The van der Waals surface area contributed by atoms with Crippen molar-refractivity contribution in [3.8, 4) is 18.1 Å². The molecule has 0 bridgehead atoms. The molecule has 0 aliphatic carbocycles. The van der Waals surface area contributed by atoms with Crippen LogP contribution in [0.1, 0.15) is 15.9 Å². The number of pyridine rings is 1. The quantitative estimate of drug-likeness (QED) is 0.508. The summed E-state index contributed by atoms with van der Waals surface area (Å²) >= 11 is 3.37. The Kier molecular flexibility index (Phi) is 5.69. The number of carbonyl (C=O) groups excluding carboxylic acids is 1. The third-order valence-electron chi connectivity index (χ3n) is 2.60. The van der Waals surface area contributed by atoms with Crippen molar-refractivity contribution in [2.24, 2.45) is 5.10 Å². The second-order valence-corrected chi connectivity index (χ2v) is 5.03. The first-order valence-corrected chi connectivity index (χ1v) is 7.09. The van der Waals surface area contributed by atoms with Crippen molar-refractivity contribution < 1.29 is 9.53 Å². The lowest BCUT2D eigenvalue weighted by atomic mass is 10.2. The van der Waals surface area contributed by atoms with E-state index in [-0.39, 0.29) is 12.5 Å². The number of halogens is 1. The fraction of sp³-hybridized carbons (Fsp3) is 0.0625. The van der Waals surface area contributed by atoms with E-state index in [2.05, 4.69) is 37.4 Å². The van der Waals surface area contributed by atoms with Crippen LogP contribution in [-0.4, -0.2) is 23.7 Å². The van der Waals surface area contributed by atoms with Gasteiger partial charge in [0.25, 0.3) is 5.91 Å². The lowest BCUT2D eigenvalue weighted by molar-refractivity contribution is 0.0955. The number of carbonyl (C=O) groups is 1. The smallest absolute Gasteiger partial charge is 0.271 e. The standard InChI is InChI=1S/C16H12BrN3O2/c1-2-9-22-15-4-3-14(17)10-13(15)11-19-20-16(21)12-5-7-18-8-6-12/h1,3-8,10-11H,9H2,(H,20,21)/b19-11-. The normalized spacial score (nSPS) is 10.2. The molecule has 0 unspecified atom stereocenters. The number of rotatable bonds is 5. The van der Waals surface area contributed by atoms with Gasteiger partial charge < -0.3 is 4.74 Å². The molecular weight excluding hydrogens is 346 g/mol. The lowest BCUT2D eigenvalue weighted by Crippen LogP contribution is -2.17. The van der Waals surface area contributed by atoms with Gasteiger partial charge in [0.1, 0.15) is 12.4 Å². The second-order valence-electron chi connectivity index (χ2n) is 4.11. The van der Waals surface area contributed by atoms with Gasteiger partial charge in [0.05, 0.1) is 6.21 Å². The average molecular weight is 358 g/mol. The molecule has 0 fully saturated rings. The number of amides is 1. The van der Waals surface area contributed by atoms with Crippen LogP contribution in [0.15, 0.2) is 52.3 Å². The molecule has 1 aromatic carbocycles. The Bertz CT molecular complexity index is 724. The highest BCUT2D eigenvalue weighted by Crippen LogP contribution is 2.21. The van der Waals surface area contributed by atoms with Gasteiger partial charge in [-0.25, -0.2) is 5.43 Å². The van der Waals surface area contributed by atoms with E-state index in [9.17, 15) is 4.79 Å². The zero-order valence-electron chi connectivity index (χ0n) is 11.5. The summed E-state index contributed by atoms with van der Waals surface area (Å²) in [5.41, 5.74) is 3.61. The highest BCUT2D eigenvalue weighted by atomic mass is 79.9. The maximum Gasteiger partial charge on any atom is 0.271 e. The second kappa shape index (κ2) is 7.96. The zero-order chi connectivity index (χ0) is 15.8. The summed E-state index contributed by atoms with van der Waals surface area (Å²) in [6, 6.07) is 8.62. The number of nitrogens with one attached hydrogen (secondary N) is 1. The molecule has 0 saturated carbocycles. The van der Waals surface area contributed by atoms with Crippen LogP contribution in [0.4, 0.5) is 0 Å². The van der Waals surface area contributed by atoms with Crippen molar-refractivity contribution in [3.63, 3.8) is 0 Å². The molecule has 0 atom stereocenters. The summed E-state index contributed by atoms with van der Waals surface area (Å²) in [7, 11) is 0. The Morgan fingerprint density at radius 3 is 2.91 bits per heavy atom. The Balaban J connectivity index is 2.08. The van der Waals surface area contributed by atoms with Gasteiger partial charge in [0, 0.05) is 28.0 Å². The van der Waals surface area contributed by atoms with Crippen molar-refractivity contribution in [2.75, 3.05) is 6.61 Å². The molecule has 22 heavy (non-hydrogen) atoms. The van der Waals surface area contributed by atoms with Gasteiger partial charge >= 0.3 is 0 Å². The molecule has 0 saturated heterocycles. The molecule has 2 aromatic rings. The van der Waals surface area contributed by atoms with Crippen LogP contribution in [0, 0.1) is 12.3 Å². The third kappa shape index (κ3) is 4.43. The molecule has 6 heteroatoms. The molecular formula is C16H12BrN3O2. The van der Waals surface area contributed by atoms with Crippen LogP contribution in [0.3, 0.4) is 0 Å².